The van der Waals surface area contributed by atoms with E-state index in [4.69, 9.17) is 13.9 Å². The van der Waals surface area contributed by atoms with Gasteiger partial charge in [0.15, 0.2) is 17.2 Å². The maximum Gasteiger partial charge on any atom is 0.180 e. The highest BCUT2D eigenvalue weighted by molar-refractivity contribution is 5.53. The fourth-order valence-electron chi connectivity index (χ4n) is 3.06. The average molecular weight is 403 g/mol. The lowest BCUT2D eigenvalue weighted by atomic mass is 9.96. The van der Waals surface area contributed by atoms with Crippen LogP contribution in [0.25, 0.3) is 17.1 Å². The van der Waals surface area contributed by atoms with Crippen molar-refractivity contribution >= 4 is 12.4 Å². The van der Waals surface area contributed by atoms with Crippen LogP contribution in [0.15, 0.2) is 88.4 Å². The number of nitrogens with zero attached hydrogens (tertiary/aromatic N) is 5. The molecule has 0 N–H and O–H groups in total. The Labute approximate surface area is 173 Å². The van der Waals surface area contributed by atoms with Crippen LogP contribution in [-0.4, -0.2) is 39.2 Å². The second-order valence-electron chi connectivity index (χ2n) is 6.56. The average Bonchev–Trinajstić information content (AvgIpc) is 3.42. The lowest BCUT2D eigenvalue weighted by molar-refractivity contribution is 0.0124. The van der Waals surface area contributed by atoms with Gasteiger partial charge in [0.2, 0.25) is 0 Å². The summed E-state index contributed by atoms with van der Waals surface area (Å²) in [6.07, 6.45) is 15.3. The lowest BCUT2D eigenvalue weighted by Crippen LogP contribution is -2.28. The molecule has 3 aromatic rings. The third kappa shape index (κ3) is 4.13. The Morgan fingerprint density at radius 1 is 1.33 bits per heavy atom. The highest BCUT2D eigenvalue weighted by Crippen LogP contribution is 2.25. The maximum absolute atomic E-state index is 6.29. The molecule has 30 heavy (non-hydrogen) atoms. The van der Waals surface area contributed by atoms with Gasteiger partial charge in [0.1, 0.15) is 23.7 Å². The molecule has 3 heterocycles. The topological polar surface area (TPSA) is 87.0 Å². The summed E-state index contributed by atoms with van der Waals surface area (Å²) >= 11 is 0. The number of aliphatic imine (C=N–C) groups is 1. The Kier molecular flexibility index (Phi) is 5.67. The summed E-state index contributed by atoms with van der Waals surface area (Å²) in [6, 6.07) is 7.35. The number of methoxy groups -OCH3 is 1. The van der Waals surface area contributed by atoms with Crippen LogP contribution in [0.5, 0.6) is 0 Å². The normalized spacial score (nSPS) is 22.9. The van der Waals surface area contributed by atoms with E-state index >= 15 is 0 Å². The fraction of sp³-hybridized carbons (Fsp3) is 0.182. The monoisotopic (exact) mass is 403 g/mol. The summed E-state index contributed by atoms with van der Waals surface area (Å²) < 4.78 is 18.7. The lowest BCUT2D eigenvalue weighted by Gasteiger charge is -2.26. The third-order valence-corrected chi connectivity index (χ3v) is 4.63. The number of ether oxygens (including phenoxy) is 2. The van der Waals surface area contributed by atoms with Crippen molar-refractivity contribution in [3.05, 3.63) is 84.8 Å². The molecule has 0 bridgehead atoms. The summed E-state index contributed by atoms with van der Waals surface area (Å²) in [6.45, 7) is 3.71. The van der Waals surface area contributed by atoms with E-state index in [1.807, 2.05) is 60.7 Å². The Morgan fingerprint density at radius 3 is 3.07 bits per heavy atom. The van der Waals surface area contributed by atoms with E-state index in [1.165, 1.54) is 0 Å². The van der Waals surface area contributed by atoms with Crippen LogP contribution in [0.1, 0.15) is 12.2 Å². The van der Waals surface area contributed by atoms with Gasteiger partial charge in [-0.2, -0.15) is 9.61 Å². The van der Waals surface area contributed by atoms with Crippen molar-refractivity contribution in [2.75, 3.05) is 7.11 Å². The molecular weight excluding hydrogens is 382 g/mol. The van der Waals surface area contributed by atoms with Crippen LogP contribution in [0, 0.1) is 0 Å². The molecule has 0 fully saturated rings. The summed E-state index contributed by atoms with van der Waals surface area (Å²) in [7, 11) is 1.64. The molecule has 0 aromatic carbocycles. The van der Waals surface area contributed by atoms with Gasteiger partial charge in [-0.25, -0.2) is 0 Å². The number of fused-ring (bicyclic) bond motifs is 1. The van der Waals surface area contributed by atoms with Crippen molar-refractivity contribution in [3.63, 3.8) is 0 Å². The molecule has 0 amide bonds. The molecule has 0 saturated heterocycles. The zero-order valence-corrected chi connectivity index (χ0v) is 16.5. The predicted molar refractivity (Wildman–Crippen MR) is 113 cm³/mol. The second-order valence-corrected chi connectivity index (χ2v) is 6.56. The Bertz CT molecular complexity index is 1140. The fourth-order valence-corrected chi connectivity index (χ4v) is 3.06. The molecule has 1 unspecified atom stereocenters. The zero-order chi connectivity index (χ0) is 20.8. The molecule has 1 aliphatic rings. The first-order valence-corrected chi connectivity index (χ1v) is 9.36. The molecule has 0 radical (unpaired) electrons. The van der Waals surface area contributed by atoms with Gasteiger partial charge in [-0.1, -0.05) is 12.2 Å². The SMILES string of the molecule is C=N/C=C\C1(OCc2nnc3ccc(-c4ccco4)nn23)/C=C/C=C(OC)\C=C/C1. The van der Waals surface area contributed by atoms with Crippen molar-refractivity contribution in [1.29, 1.82) is 0 Å². The molecule has 1 aliphatic carbocycles. The van der Waals surface area contributed by atoms with Crippen molar-refractivity contribution in [2.45, 2.75) is 18.6 Å². The van der Waals surface area contributed by atoms with Crippen molar-refractivity contribution < 1.29 is 13.9 Å². The standard InChI is InChI=1S/C22H21N5O3/c1-23-14-13-22(11-3-6-17(28-2)7-4-12-22)30-16-21-25-24-20-10-9-18(26-27(20)21)19-8-5-15-29-19/h3-11,13-15H,1,12,16H2,2H3/b7-4-,11-3+,14-13-,17-6+. The summed E-state index contributed by atoms with van der Waals surface area (Å²) in [5, 5.41) is 13.0. The van der Waals surface area contributed by atoms with Gasteiger partial charge >= 0.3 is 0 Å². The first-order chi connectivity index (χ1) is 14.7. The molecule has 0 saturated carbocycles. The van der Waals surface area contributed by atoms with Gasteiger partial charge in [0.05, 0.1) is 13.4 Å². The van der Waals surface area contributed by atoms with Gasteiger partial charge in [0, 0.05) is 12.6 Å². The van der Waals surface area contributed by atoms with Crippen LogP contribution in [0.2, 0.25) is 0 Å². The maximum atomic E-state index is 6.29. The minimum atomic E-state index is -0.724. The van der Waals surface area contributed by atoms with Crippen LogP contribution >= 0.6 is 0 Å². The summed E-state index contributed by atoms with van der Waals surface area (Å²) in [5.41, 5.74) is 0.588. The third-order valence-electron chi connectivity index (χ3n) is 4.63. The number of hydrogen-bond acceptors (Lipinski definition) is 7. The first-order valence-electron chi connectivity index (χ1n) is 9.36. The van der Waals surface area contributed by atoms with Crippen molar-refractivity contribution in [3.8, 4) is 11.5 Å². The minimum Gasteiger partial charge on any atom is -0.497 e. The van der Waals surface area contributed by atoms with E-state index in [1.54, 1.807) is 24.1 Å². The number of furan rings is 1. The molecular formula is C22H21N5O3. The summed E-state index contributed by atoms with van der Waals surface area (Å²) in [5.74, 6) is 2.01. The van der Waals surface area contributed by atoms with Gasteiger partial charge < -0.3 is 13.9 Å². The van der Waals surface area contributed by atoms with Gasteiger partial charge in [-0.3, -0.25) is 4.99 Å². The summed E-state index contributed by atoms with van der Waals surface area (Å²) in [4.78, 5) is 3.83. The molecule has 8 nitrogen and oxygen atoms in total. The van der Waals surface area contributed by atoms with Gasteiger partial charge in [0.25, 0.3) is 0 Å². The number of aromatic nitrogens is 4. The van der Waals surface area contributed by atoms with E-state index in [0.717, 1.165) is 5.76 Å². The largest absolute Gasteiger partial charge is 0.497 e. The van der Waals surface area contributed by atoms with Crippen molar-refractivity contribution in [1.82, 2.24) is 19.8 Å². The molecule has 4 rings (SSSR count). The van der Waals surface area contributed by atoms with Crippen LogP contribution < -0.4 is 0 Å². The molecule has 152 valence electrons. The van der Waals surface area contributed by atoms with E-state index in [-0.39, 0.29) is 6.61 Å². The van der Waals surface area contributed by atoms with E-state index in [2.05, 4.69) is 27.0 Å². The Balaban J connectivity index is 1.62. The highest BCUT2D eigenvalue weighted by Gasteiger charge is 2.25. The van der Waals surface area contributed by atoms with Gasteiger partial charge in [-0.05, 0) is 55.3 Å². The second kappa shape index (κ2) is 8.71. The Hall–Kier alpha value is -3.78. The van der Waals surface area contributed by atoms with Crippen molar-refractivity contribution in [2.24, 2.45) is 4.99 Å². The number of allylic oxidation sites excluding steroid dienone is 3. The highest BCUT2D eigenvalue weighted by atomic mass is 16.5. The molecule has 0 spiro atoms. The molecule has 0 aliphatic heterocycles. The molecule has 3 aromatic heterocycles. The molecule has 1 atom stereocenters. The van der Waals surface area contributed by atoms with Crippen LogP contribution in [-0.2, 0) is 16.1 Å². The predicted octanol–water partition coefficient (Wildman–Crippen LogP) is 3.90. The van der Waals surface area contributed by atoms with Crippen LogP contribution in [0.4, 0.5) is 0 Å². The Morgan fingerprint density at radius 2 is 2.27 bits per heavy atom. The number of hydrogen-bond donors (Lipinski definition) is 0. The zero-order valence-electron chi connectivity index (χ0n) is 16.5. The van der Waals surface area contributed by atoms with E-state index in [9.17, 15) is 0 Å². The molecule has 8 heteroatoms. The quantitative estimate of drug-likeness (QED) is 0.556. The van der Waals surface area contributed by atoms with E-state index in [0.29, 0.717) is 29.3 Å². The number of rotatable bonds is 7. The van der Waals surface area contributed by atoms with Crippen LogP contribution in [0.3, 0.4) is 0 Å². The first kappa shape index (κ1) is 19.5. The smallest absolute Gasteiger partial charge is 0.180 e. The van der Waals surface area contributed by atoms with E-state index < -0.39 is 5.60 Å². The van der Waals surface area contributed by atoms with Gasteiger partial charge in [-0.15, -0.1) is 10.2 Å². The minimum absolute atomic E-state index is 0.191.